The van der Waals surface area contributed by atoms with E-state index in [0.29, 0.717) is 12.6 Å². The number of quaternary nitrogens is 1. The van der Waals surface area contributed by atoms with Crippen molar-refractivity contribution in [3.63, 3.8) is 0 Å². The van der Waals surface area contributed by atoms with Gasteiger partial charge in [0.2, 0.25) is 0 Å². The Morgan fingerprint density at radius 1 is 1.19 bits per heavy atom. The summed E-state index contributed by atoms with van der Waals surface area (Å²) >= 11 is 0. The van der Waals surface area contributed by atoms with Crippen LogP contribution in [0.25, 0.3) is 0 Å². The Labute approximate surface area is 153 Å². The van der Waals surface area contributed by atoms with Gasteiger partial charge in [0.05, 0.1) is 25.8 Å². The molecule has 0 aromatic heterocycles. The molecule has 1 fully saturated rings. The molecule has 3 atom stereocenters. The standard InChI is InChI=1S/C12H14O5.C8H11N/c13-12(14)10-7-16-11(17-10)8-15-6-9-4-2-1-3-5-9;1-7(9)8-5-3-2-4-6-8/h1-5,10-11H,6-8H2,(H,13,14);2-7H,9H2,1H3/t10-,11+;7-/m10/s1. The van der Waals surface area contributed by atoms with Gasteiger partial charge in [-0.1, -0.05) is 60.7 Å². The monoisotopic (exact) mass is 359 g/mol. The van der Waals surface area contributed by atoms with Crippen molar-refractivity contribution in [3.05, 3.63) is 71.8 Å². The quantitative estimate of drug-likeness (QED) is 0.818. The van der Waals surface area contributed by atoms with Crippen molar-refractivity contribution in [2.24, 2.45) is 0 Å². The Morgan fingerprint density at radius 3 is 2.31 bits per heavy atom. The van der Waals surface area contributed by atoms with E-state index in [4.69, 9.17) is 14.2 Å². The molecule has 3 rings (SSSR count). The molecule has 2 aromatic rings. The molecule has 0 radical (unpaired) electrons. The minimum atomic E-state index is -1.25. The van der Waals surface area contributed by atoms with Crippen molar-refractivity contribution in [2.45, 2.75) is 32.0 Å². The lowest BCUT2D eigenvalue weighted by Gasteiger charge is -2.12. The number of benzene rings is 2. The molecule has 6 nitrogen and oxygen atoms in total. The van der Waals surface area contributed by atoms with Crippen molar-refractivity contribution >= 4 is 5.97 Å². The first-order valence-electron chi connectivity index (χ1n) is 8.54. The second-order valence-corrected chi connectivity index (χ2v) is 6.02. The zero-order chi connectivity index (χ0) is 18.8. The predicted molar refractivity (Wildman–Crippen MR) is 93.5 cm³/mol. The van der Waals surface area contributed by atoms with Crippen LogP contribution in [-0.4, -0.2) is 31.6 Å². The first kappa shape index (κ1) is 20.1. The summed E-state index contributed by atoms with van der Waals surface area (Å²) in [6.45, 7) is 2.76. The van der Waals surface area contributed by atoms with E-state index in [1.165, 1.54) is 5.56 Å². The molecule has 1 aliphatic heterocycles. The van der Waals surface area contributed by atoms with Crippen LogP contribution >= 0.6 is 0 Å². The van der Waals surface area contributed by atoms with E-state index in [0.717, 1.165) is 5.56 Å². The third kappa shape index (κ3) is 6.93. The van der Waals surface area contributed by atoms with E-state index in [1.807, 2.05) is 48.5 Å². The number of carboxylic acid groups (broad SMARTS) is 1. The average Bonchev–Trinajstić information content (AvgIpc) is 3.13. The zero-order valence-electron chi connectivity index (χ0n) is 14.9. The van der Waals surface area contributed by atoms with Gasteiger partial charge in [0.25, 0.3) is 0 Å². The summed E-state index contributed by atoms with van der Waals surface area (Å²) in [6, 6.07) is 20.4. The van der Waals surface area contributed by atoms with Crippen LogP contribution in [0.2, 0.25) is 0 Å². The molecule has 6 heteroatoms. The van der Waals surface area contributed by atoms with E-state index in [9.17, 15) is 9.90 Å². The molecule has 0 saturated carbocycles. The lowest BCUT2D eigenvalue weighted by atomic mass is 10.1. The fourth-order valence-electron chi connectivity index (χ4n) is 2.30. The van der Waals surface area contributed by atoms with Gasteiger partial charge < -0.3 is 29.8 Å². The summed E-state index contributed by atoms with van der Waals surface area (Å²) < 4.78 is 15.5. The van der Waals surface area contributed by atoms with Crippen LogP contribution in [0, 0.1) is 0 Å². The average molecular weight is 359 g/mol. The number of hydrogen-bond donors (Lipinski definition) is 1. The summed E-state index contributed by atoms with van der Waals surface area (Å²) in [5.74, 6) is -1.25. The number of aliphatic carboxylic acids is 1. The second kappa shape index (κ2) is 10.7. The smallest absolute Gasteiger partial charge is 0.181 e. The van der Waals surface area contributed by atoms with Crippen LogP contribution in [0.1, 0.15) is 24.1 Å². The molecule has 1 heterocycles. The normalized spacial score (nSPS) is 20.1. The lowest BCUT2D eigenvalue weighted by molar-refractivity contribution is -0.420. The van der Waals surface area contributed by atoms with Crippen LogP contribution in [0.4, 0.5) is 0 Å². The molecule has 1 aliphatic rings. The molecule has 2 aromatic carbocycles. The number of carbonyl (C=O) groups is 1. The molecule has 1 saturated heterocycles. The molecule has 0 bridgehead atoms. The third-order valence-corrected chi connectivity index (χ3v) is 3.75. The van der Waals surface area contributed by atoms with E-state index < -0.39 is 18.4 Å². The Kier molecular flexibility index (Phi) is 8.24. The zero-order valence-corrected chi connectivity index (χ0v) is 14.9. The Balaban J connectivity index is 0.000000228. The van der Waals surface area contributed by atoms with Gasteiger partial charge in [-0.15, -0.1) is 0 Å². The van der Waals surface area contributed by atoms with Crippen molar-refractivity contribution in [2.75, 3.05) is 13.2 Å². The summed E-state index contributed by atoms with van der Waals surface area (Å²) in [7, 11) is 0. The fraction of sp³-hybridized carbons (Fsp3) is 0.350. The third-order valence-electron chi connectivity index (χ3n) is 3.75. The van der Waals surface area contributed by atoms with Gasteiger partial charge in [0.1, 0.15) is 12.1 Å². The predicted octanol–water partition coefficient (Wildman–Crippen LogP) is 0.684. The van der Waals surface area contributed by atoms with Gasteiger partial charge in [-0.3, -0.25) is 0 Å². The van der Waals surface area contributed by atoms with E-state index in [-0.39, 0.29) is 13.2 Å². The highest BCUT2D eigenvalue weighted by molar-refractivity contribution is 5.70. The number of carbonyl (C=O) groups excluding carboxylic acids is 1. The minimum absolute atomic E-state index is 0.0156. The first-order valence-corrected chi connectivity index (χ1v) is 8.54. The van der Waals surface area contributed by atoms with Crippen LogP contribution in [0.5, 0.6) is 0 Å². The van der Waals surface area contributed by atoms with E-state index in [2.05, 4.69) is 24.8 Å². The van der Waals surface area contributed by atoms with E-state index >= 15 is 0 Å². The summed E-state index contributed by atoms with van der Waals surface area (Å²) in [6.07, 6.45) is -1.61. The molecule has 0 spiro atoms. The van der Waals surface area contributed by atoms with Crippen molar-refractivity contribution in [3.8, 4) is 0 Å². The maximum Gasteiger partial charge on any atom is 0.181 e. The van der Waals surface area contributed by atoms with Crippen molar-refractivity contribution < 1.29 is 29.8 Å². The van der Waals surface area contributed by atoms with Crippen LogP contribution in [0.3, 0.4) is 0 Å². The topological polar surface area (TPSA) is 95.5 Å². The molecular weight excluding hydrogens is 334 g/mol. The van der Waals surface area contributed by atoms with Gasteiger partial charge in [0.15, 0.2) is 6.29 Å². The number of rotatable bonds is 6. The van der Waals surface area contributed by atoms with E-state index in [1.54, 1.807) is 0 Å². The summed E-state index contributed by atoms with van der Waals surface area (Å²) in [4.78, 5) is 10.5. The molecule has 0 unspecified atom stereocenters. The number of ether oxygens (including phenoxy) is 3. The van der Waals surface area contributed by atoms with Gasteiger partial charge in [0, 0.05) is 5.56 Å². The Bertz CT molecular complexity index is 648. The Hall–Kier alpha value is -2.25. The largest absolute Gasteiger partial charge is 0.547 e. The highest BCUT2D eigenvalue weighted by Gasteiger charge is 2.26. The number of carboxylic acids is 1. The van der Waals surface area contributed by atoms with Crippen LogP contribution in [0.15, 0.2) is 60.7 Å². The highest BCUT2D eigenvalue weighted by atomic mass is 16.7. The van der Waals surface area contributed by atoms with Crippen LogP contribution in [-0.2, 0) is 25.6 Å². The molecule has 26 heavy (non-hydrogen) atoms. The summed E-state index contributed by atoms with van der Waals surface area (Å²) in [5, 5.41) is 10.5. The highest BCUT2D eigenvalue weighted by Crippen LogP contribution is 2.12. The van der Waals surface area contributed by atoms with Crippen molar-refractivity contribution in [1.29, 1.82) is 0 Å². The van der Waals surface area contributed by atoms with Crippen LogP contribution < -0.4 is 10.8 Å². The van der Waals surface area contributed by atoms with Crippen molar-refractivity contribution in [1.82, 2.24) is 0 Å². The SMILES string of the molecule is C[C@H]([NH3+])c1ccccc1.O=C([O-])[C@H]1CO[C@H](COCc2ccccc2)O1. The maximum absolute atomic E-state index is 10.5. The summed E-state index contributed by atoms with van der Waals surface area (Å²) in [5.41, 5.74) is 6.26. The first-order chi connectivity index (χ1) is 12.6. The fourth-order valence-corrected chi connectivity index (χ4v) is 2.30. The van der Waals surface area contributed by atoms with Gasteiger partial charge in [-0.05, 0) is 12.5 Å². The minimum Gasteiger partial charge on any atom is -0.547 e. The lowest BCUT2D eigenvalue weighted by Crippen LogP contribution is -2.51. The molecule has 3 N–H and O–H groups in total. The molecular formula is C20H25NO5. The maximum atomic E-state index is 10.5. The van der Waals surface area contributed by atoms with Gasteiger partial charge >= 0.3 is 0 Å². The molecule has 0 aliphatic carbocycles. The molecule has 140 valence electrons. The molecule has 0 amide bonds. The Morgan fingerprint density at radius 2 is 1.81 bits per heavy atom. The van der Waals surface area contributed by atoms with Gasteiger partial charge in [-0.2, -0.15) is 0 Å². The number of hydrogen-bond acceptors (Lipinski definition) is 5. The van der Waals surface area contributed by atoms with Gasteiger partial charge in [-0.25, -0.2) is 0 Å². The second-order valence-electron chi connectivity index (χ2n) is 6.02.